The highest BCUT2D eigenvalue weighted by Gasteiger charge is 2.16. The maximum atomic E-state index is 12.3. The number of halogens is 1. The fourth-order valence-electron chi connectivity index (χ4n) is 2.01. The molecule has 0 saturated carbocycles. The van der Waals surface area contributed by atoms with Crippen LogP contribution in [0.3, 0.4) is 0 Å². The SMILES string of the molecule is CCOc1c(Br)cc(C(=O)NCc2nc(C)c(C)o2)cc1OC. The van der Waals surface area contributed by atoms with Crippen molar-refractivity contribution in [2.75, 3.05) is 13.7 Å². The lowest BCUT2D eigenvalue weighted by atomic mass is 10.2. The van der Waals surface area contributed by atoms with E-state index in [-0.39, 0.29) is 12.5 Å². The van der Waals surface area contributed by atoms with E-state index in [1.807, 2.05) is 20.8 Å². The summed E-state index contributed by atoms with van der Waals surface area (Å²) in [5, 5.41) is 2.77. The second-order valence-corrected chi connectivity index (χ2v) is 5.71. The average molecular weight is 383 g/mol. The molecule has 0 atom stereocenters. The van der Waals surface area contributed by atoms with Gasteiger partial charge in [0.25, 0.3) is 5.91 Å². The summed E-state index contributed by atoms with van der Waals surface area (Å²) in [7, 11) is 1.53. The average Bonchev–Trinajstić information content (AvgIpc) is 2.85. The van der Waals surface area contributed by atoms with Crippen LogP contribution in [0.5, 0.6) is 11.5 Å². The van der Waals surface area contributed by atoms with Crippen LogP contribution >= 0.6 is 15.9 Å². The third kappa shape index (κ3) is 4.04. The van der Waals surface area contributed by atoms with Gasteiger partial charge < -0.3 is 19.2 Å². The molecule has 2 aromatic rings. The molecular formula is C16H19BrN2O4. The number of oxazole rings is 1. The minimum atomic E-state index is -0.249. The third-order valence-electron chi connectivity index (χ3n) is 3.25. The van der Waals surface area contributed by atoms with Gasteiger partial charge in [-0.1, -0.05) is 0 Å². The Bertz CT molecular complexity index is 693. The van der Waals surface area contributed by atoms with Gasteiger partial charge in [0.15, 0.2) is 11.5 Å². The van der Waals surface area contributed by atoms with Crippen molar-refractivity contribution in [1.82, 2.24) is 10.3 Å². The summed E-state index contributed by atoms with van der Waals surface area (Å²) >= 11 is 3.40. The third-order valence-corrected chi connectivity index (χ3v) is 3.84. The van der Waals surface area contributed by atoms with E-state index in [9.17, 15) is 4.79 Å². The fourth-order valence-corrected chi connectivity index (χ4v) is 2.56. The number of aryl methyl sites for hydroxylation is 2. The predicted octanol–water partition coefficient (Wildman–Crippen LogP) is 3.39. The molecule has 0 radical (unpaired) electrons. The van der Waals surface area contributed by atoms with Gasteiger partial charge >= 0.3 is 0 Å². The van der Waals surface area contributed by atoms with E-state index in [0.29, 0.717) is 34.0 Å². The van der Waals surface area contributed by atoms with Crippen molar-refractivity contribution in [2.45, 2.75) is 27.3 Å². The zero-order valence-electron chi connectivity index (χ0n) is 13.5. The zero-order valence-corrected chi connectivity index (χ0v) is 15.1. The van der Waals surface area contributed by atoms with E-state index in [2.05, 4.69) is 26.2 Å². The summed E-state index contributed by atoms with van der Waals surface area (Å²) < 4.78 is 16.9. The number of ether oxygens (including phenoxy) is 2. The largest absolute Gasteiger partial charge is 0.493 e. The quantitative estimate of drug-likeness (QED) is 0.828. The van der Waals surface area contributed by atoms with Crippen LogP contribution in [-0.4, -0.2) is 24.6 Å². The first-order valence-electron chi connectivity index (χ1n) is 7.17. The maximum absolute atomic E-state index is 12.3. The molecule has 0 aliphatic rings. The molecule has 124 valence electrons. The molecule has 1 amide bonds. The van der Waals surface area contributed by atoms with E-state index in [4.69, 9.17) is 13.9 Å². The first-order chi connectivity index (χ1) is 11.0. The smallest absolute Gasteiger partial charge is 0.251 e. The fraction of sp³-hybridized carbons (Fsp3) is 0.375. The predicted molar refractivity (Wildman–Crippen MR) is 89.0 cm³/mol. The molecule has 0 bridgehead atoms. The van der Waals surface area contributed by atoms with Gasteiger partial charge in [-0.3, -0.25) is 4.79 Å². The van der Waals surface area contributed by atoms with Crippen LogP contribution in [0.2, 0.25) is 0 Å². The van der Waals surface area contributed by atoms with Gasteiger partial charge in [-0.2, -0.15) is 0 Å². The number of methoxy groups -OCH3 is 1. The highest BCUT2D eigenvalue weighted by atomic mass is 79.9. The lowest BCUT2D eigenvalue weighted by molar-refractivity contribution is 0.0946. The Kier molecular flexibility index (Phi) is 5.65. The number of benzene rings is 1. The van der Waals surface area contributed by atoms with E-state index >= 15 is 0 Å². The Balaban J connectivity index is 2.14. The van der Waals surface area contributed by atoms with Gasteiger partial charge in [-0.25, -0.2) is 4.98 Å². The number of carbonyl (C=O) groups excluding carboxylic acids is 1. The molecule has 1 N–H and O–H groups in total. The van der Waals surface area contributed by atoms with Crippen molar-refractivity contribution in [1.29, 1.82) is 0 Å². The normalized spacial score (nSPS) is 10.5. The number of hydrogen-bond acceptors (Lipinski definition) is 5. The second kappa shape index (κ2) is 7.50. The van der Waals surface area contributed by atoms with Crippen LogP contribution in [0.25, 0.3) is 0 Å². The summed E-state index contributed by atoms with van der Waals surface area (Å²) in [5.74, 6) is 2.05. The van der Waals surface area contributed by atoms with Crippen molar-refractivity contribution >= 4 is 21.8 Å². The molecule has 6 nitrogen and oxygen atoms in total. The van der Waals surface area contributed by atoms with Crippen LogP contribution in [0.4, 0.5) is 0 Å². The second-order valence-electron chi connectivity index (χ2n) is 4.85. The summed E-state index contributed by atoms with van der Waals surface area (Å²) in [6.45, 7) is 6.30. The molecule has 0 aliphatic carbocycles. The minimum absolute atomic E-state index is 0.223. The van der Waals surface area contributed by atoms with Crippen molar-refractivity contribution in [3.8, 4) is 11.5 Å². The molecule has 0 aliphatic heterocycles. The van der Waals surface area contributed by atoms with Crippen molar-refractivity contribution in [3.63, 3.8) is 0 Å². The molecule has 1 aromatic heterocycles. The molecule has 7 heteroatoms. The highest BCUT2D eigenvalue weighted by molar-refractivity contribution is 9.10. The van der Waals surface area contributed by atoms with Crippen LogP contribution in [-0.2, 0) is 6.54 Å². The maximum Gasteiger partial charge on any atom is 0.251 e. The topological polar surface area (TPSA) is 73.6 Å². The van der Waals surface area contributed by atoms with Crippen LogP contribution < -0.4 is 14.8 Å². The Hall–Kier alpha value is -2.02. The standard InChI is InChI=1S/C16H19BrN2O4/c1-5-22-15-12(17)6-11(7-13(15)21-4)16(20)18-8-14-19-9(2)10(3)23-14/h6-7H,5,8H2,1-4H3,(H,18,20). The number of nitrogens with one attached hydrogen (secondary N) is 1. The summed E-state index contributed by atoms with van der Waals surface area (Å²) in [6.07, 6.45) is 0. The van der Waals surface area contributed by atoms with Crippen LogP contribution in [0, 0.1) is 13.8 Å². The molecule has 0 saturated heterocycles. The molecular weight excluding hydrogens is 364 g/mol. The first-order valence-corrected chi connectivity index (χ1v) is 7.97. The Labute approximate surface area is 143 Å². The van der Waals surface area contributed by atoms with Gasteiger partial charge in [0.2, 0.25) is 5.89 Å². The van der Waals surface area contributed by atoms with E-state index in [1.165, 1.54) is 7.11 Å². The van der Waals surface area contributed by atoms with Crippen LogP contribution in [0.1, 0.15) is 34.6 Å². The lowest BCUT2D eigenvalue weighted by Crippen LogP contribution is -2.23. The van der Waals surface area contributed by atoms with Crippen molar-refractivity contribution < 1.29 is 18.7 Å². The first kappa shape index (κ1) is 17.3. The summed E-state index contributed by atoms with van der Waals surface area (Å²) in [4.78, 5) is 16.5. The minimum Gasteiger partial charge on any atom is -0.493 e. The molecule has 2 rings (SSSR count). The molecule has 0 spiro atoms. The van der Waals surface area contributed by atoms with Gasteiger partial charge in [0.05, 0.1) is 30.4 Å². The monoisotopic (exact) mass is 382 g/mol. The van der Waals surface area contributed by atoms with Gasteiger partial charge in [0, 0.05) is 5.56 Å². The van der Waals surface area contributed by atoms with Crippen molar-refractivity contribution in [2.24, 2.45) is 0 Å². The zero-order chi connectivity index (χ0) is 17.0. The number of aromatic nitrogens is 1. The van der Waals surface area contributed by atoms with Gasteiger partial charge in [-0.05, 0) is 48.8 Å². The number of carbonyl (C=O) groups is 1. The van der Waals surface area contributed by atoms with Gasteiger partial charge in [0.1, 0.15) is 5.76 Å². The Morgan fingerprint density at radius 3 is 2.70 bits per heavy atom. The van der Waals surface area contributed by atoms with E-state index < -0.39 is 0 Å². The number of rotatable bonds is 6. The van der Waals surface area contributed by atoms with Gasteiger partial charge in [-0.15, -0.1) is 0 Å². The molecule has 23 heavy (non-hydrogen) atoms. The molecule has 1 aromatic carbocycles. The summed E-state index contributed by atoms with van der Waals surface area (Å²) in [6, 6.07) is 3.33. The Morgan fingerprint density at radius 1 is 1.39 bits per heavy atom. The van der Waals surface area contributed by atoms with E-state index in [0.717, 1.165) is 11.5 Å². The highest BCUT2D eigenvalue weighted by Crippen LogP contribution is 2.36. The van der Waals surface area contributed by atoms with E-state index in [1.54, 1.807) is 12.1 Å². The van der Waals surface area contributed by atoms with Crippen molar-refractivity contribution in [3.05, 3.63) is 39.5 Å². The molecule has 0 fully saturated rings. The number of amides is 1. The lowest BCUT2D eigenvalue weighted by Gasteiger charge is -2.13. The van der Waals surface area contributed by atoms with Crippen LogP contribution in [0.15, 0.2) is 21.0 Å². The summed E-state index contributed by atoms with van der Waals surface area (Å²) in [5.41, 5.74) is 1.27. The molecule has 1 heterocycles. The Morgan fingerprint density at radius 2 is 2.13 bits per heavy atom. The molecule has 0 unspecified atom stereocenters. The number of hydrogen-bond donors (Lipinski definition) is 1. The number of nitrogens with zero attached hydrogens (tertiary/aromatic N) is 1.